The van der Waals surface area contributed by atoms with Gasteiger partial charge in [-0.05, 0) is 31.6 Å². The number of nitrogen functional groups attached to an aromatic ring is 1. The van der Waals surface area contributed by atoms with Crippen molar-refractivity contribution in [2.75, 3.05) is 17.2 Å². The van der Waals surface area contributed by atoms with E-state index < -0.39 is 0 Å². The highest BCUT2D eigenvalue weighted by atomic mass is 32.1. The minimum Gasteiger partial charge on any atom is -0.389 e. The van der Waals surface area contributed by atoms with Gasteiger partial charge in [0.15, 0.2) is 5.13 Å². The van der Waals surface area contributed by atoms with Gasteiger partial charge in [0.25, 0.3) is 0 Å². The van der Waals surface area contributed by atoms with E-state index in [1.807, 2.05) is 0 Å². The second-order valence-electron chi connectivity index (χ2n) is 4.37. The Morgan fingerprint density at radius 1 is 1.43 bits per heavy atom. The van der Waals surface area contributed by atoms with Crippen LogP contribution in [0.25, 0.3) is 0 Å². The van der Waals surface area contributed by atoms with Gasteiger partial charge in [-0.1, -0.05) is 11.3 Å². The third-order valence-corrected chi connectivity index (χ3v) is 3.76. The van der Waals surface area contributed by atoms with Crippen LogP contribution in [0.1, 0.15) is 25.7 Å². The highest BCUT2D eigenvalue weighted by molar-refractivity contribution is 7.19. The predicted molar refractivity (Wildman–Crippen MR) is 59.6 cm³/mol. The van der Waals surface area contributed by atoms with Crippen molar-refractivity contribution in [1.82, 2.24) is 4.98 Å². The van der Waals surface area contributed by atoms with Crippen LogP contribution in [-0.2, 0) is 0 Å². The van der Waals surface area contributed by atoms with E-state index in [4.69, 9.17) is 5.73 Å². The Kier molecular flexibility index (Phi) is 1.90. The number of anilines is 2. The molecule has 1 aromatic rings. The Balaban J connectivity index is 1.75. The van der Waals surface area contributed by atoms with E-state index >= 15 is 0 Å². The van der Waals surface area contributed by atoms with E-state index in [1.54, 1.807) is 17.5 Å². The van der Waals surface area contributed by atoms with Crippen molar-refractivity contribution in [3.63, 3.8) is 0 Å². The van der Waals surface area contributed by atoms with Gasteiger partial charge in [-0.2, -0.15) is 0 Å². The molecule has 0 aliphatic heterocycles. The van der Waals surface area contributed by atoms with Crippen molar-refractivity contribution in [3.8, 4) is 0 Å². The second kappa shape index (κ2) is 3.12. The summed E-state index contributed by atoms with van der Waals surface area (Å²) in [4.78, 5) is 6.85. The van der Waals surface area contributed by atoms with Crippen LogP contribution >= 0.6 is 11.3 Å². The normalized spacial score (nSPS) is 21.1. The van der Waals surface area contributed by atoms with Crippen LogP contribution in [0.3, 0.4) is 0 Å². The van der Waals surface area contributed by atoms with Crippen molar-refractivity contribution in [1.29, 1.82) is 0 Å². The number of nitrogens with two attached hydrogens (primary N) is 1. The van der Waals surface area contributed by atoms with Crippen molar-refractivity contribution >= 4 is 21.5 Å². The number of thiazole rings is 1. The number of hydrogen-bond donors (Lipinski definition) is 1. The van der Waals surface area contributed by atoms with Crippen molar-refractivity contribution < 1.29 is 0 Å². The SMILES string of the molecule is Nc1cnc(N(CC2CC2)C2CC2)s1. The third kappa shape index (κ3) is 1.71. The molecule has 2 fully saturated rings. The molecular formula is C10H15N3S. The fourth-order valence-corrected chi connectivity index (χ4v) is 2.52. The zero-order chi connectivity index (χ0) is 9.54. The lowest BCUT2D eigenvalue weighted by molar-refractivity contribution is 0.716. The van der Waals surface area contributed by atoms with Crippen molar-refractivity contribution in [2.45, 2.75) is 31.7 Å². The molecule has 0 aromatic carbocycles. The zero-order valence-corrected chi connectivity index (χ0v) is 8.96. The van der Waals surface area contributed by atoms with Crippen LogP contribution in [0.15, 0.2) is 6.20 Å². The Bertz CT molecular complexity index is 328. The van der Waals surface area contributed by atoms with Gasteiger partial charge in [0, 0.05) is 12.6 Å². The average Bonchev–Trinajstić information content (AvgIpc) is 3.04. The standard InChI is InChI=1S/C10H15N3S/c11-9-5-12-10(14-9)13(8-3-4-8)6-7-1-2-7/h5,7-8H,1-4,6,11H2. The average molecular weight is 209 g/mol. The Labute approximate surface area is 87.9 Å². The second-order valence-corrected chi connectivity index (χ2v) is 5.41. The lowest BCUT2D eigenvalue weighted by Crippen LogP contribution is -2.27. The van der Waals surface area contributed by atoms with E-state index in [0.29, 0.717) is 0 Å². The molecule has 0 bridgehead atoms. The molecular weight excluding hydrogens is 194 g/mol. The molecule has 0 unspecified atom stereocenters. The topological polar surface area (TPSA) is 42.1 Å². The third-order valence-electron chi connectivity index (χ3n) is 2.90. The molecule has 3 nitrogen and oxygen atoms in total. The Morgan fingerprint density at radius 2 is 2.21 bits per heavy atom. The molecule has 1 heterocycles. The molecule has 0 radical (unpaired) electrons. The van der Waals surface area contributed by atoms with Crippen LogP contribution in [0.4, 0.5) is 10.1 Å². The summed E-state index contributed by atoms with van der Waals surface area (Å²) in [6, 6.07) is 0.765. The first-order valence-corrected chi connectivity index (χ1v) is 6.12. The maximum absolute atomic E-state index is 5.71. The monoisotopic (exact) mass is 209 g/mol. The van der Waals surface area contributed by atoms with Gasteiger partial charge in [0.1, 0.15) is 5.00 Å². The molecule has 76 valence electrons. The van der Waals surface area contributed by atoms with Crippen LogP contribution in [0, 0.1) is 5.92 Å². The van der Waals surface area contributed by atoms with Gasteiger partial charge >= 0.3 is 0 Å². The summed E-state index contributed by atoms with van der Waals surface area (Å²) in [7, 11) is 0. The number of aromatic nitrogens is 1. The van der Waals surface area contributed by atoms with Crippen LogP contribution in [0.5, 0.6) is 0 Å². The Morgan fingerprint density at radius 3 is 2.71 bits per heavy atom. The summed E-state index contributed by atoms with van der Waals surface area (Å²) in [6.07, 6.45) is 7.27. The van der Waals surface area contributed by atoms with Crippen molar-refractivity contribution in [3.05, 3.63) is 6.20 Å². The smallest absolute Gasteiger partial charge is 0.187 e. The largest absolute Gasteiger partial charge is 0.389 e. The highest BCUT2D eigenvalue weighted by Crippen LogP contribution is 2.39. The summed E-state index contributed by atoms with van der Waals surface area (Å²) in [5.74, 6) is 0.931. The summed E-state index contributed by atoms with van der Waals surface area (Å²) in [6.45, 7) is 1.21. The van der Waals surface area contributed by atoms with Gasteiger partial charge in [-0.3, -0.25) is 0 Å². The highest BCUT2D eigenvalue weighted by Gasteiger charge is 2.35. The summed E-state index contributed by atoms with van der Waals surface area (Å²) < 4.78 is 0. The molecule has 2 aliphatic carbocycles. The van der Waals surface area contributed by atoms with Gasteiger partial charge in [0.05, 0.1) is 6.20 Å². The van der Waals surface area contributed by atoms with Gasteiger partial charge < -0.3 is 10.6 Å². The van der Waals surface area contributed by atoms with Crippen LogP contribution < -0.4 is 10.6 Å². The minimum absolute atomic E-state index is 0.765. The molecule has 0 saturated heterocycles. The number of hydrogen-bond acceptors (Lipinski definition) is 4. The molecule has 2 saturated carbocycles. The molecule has 14 heavy (non-hydrogen) atoms. The molecule has 3 rings (SSSR count). The van der Waals surface area contributed by atoms with E-state index in [0.717, 1.165) is 22.1 Å². The number of rotatable bonds is 4. The summed E-state index contributed by atoms with van der Waals surface area (Å²) >= 11 is 1.63. The fourth-order valence-electron chi connectivity index (χ4n) is 1.76. The van der Waals surface area contributed by atoms with E-state index in [9.17, 15) is 0 Å². The van der Waals surface area contributed by atoms with E-state index in [2.05, 4.69) is 9.88 Å². The molecule has 2 aliphatic rings. The maximum atomic E-state index is 5.71. The zero-order valence-electron chi connectivity index (χ0n) is 8.15. The first kappa shape index (κ1) is 8.53. The van der Waals surface area contributed by atoms with Gasteiger partial charge in [0.2, 0.25) is 0 Å². The lowest BCUT2D eigenvalue weighted by Gasteiger charge is -2.20. The molecule has 4 heteroatoms. The van der Waals surface area contributed by atoms with Crippen LogP contribution in [0.2, 0.25) is 0 Å². The minimum atomic E-state index is 0.765. The molecule has 2 N–H and O–H groups in total. The van der Waals surface area contributed by atoms with E-state index in [1.165, 1.54) is 32.2 Å². The van der Waals surface area contributed by atoms with Gasteiger partial charge in [-0.15, -0.1) is 0 Å². The van der Waals surface area contributed by atoms with Crippen LogP contribution in [-0.4, -0.2) is 17.6 Å². The maximum Gasteiger partial charge on any atom is 0.187 e. The van der Waals surface area contributed by atoms with Crippen molar-refractivity contribution in [2.24, 2.45) is 5.92 Å². The van der Waals surface area contributed by atoms with E-state index in [-0.39, 0.29) is 0 Å². The quantitative estimate of drug-likeness (QED) is 0.825. The molecule has 0 atom stereocenters. The summed E-state index contributed by atoms with van der Waals surface area (Å²) in [5.41, 5.74) is 5.71. The van der Waals surface area contributed by atoms with Gasteiger partial charge in [-0.25, -0.2) is 4.98 Å². The fraction of sp³-hybridized carbons (Fsp3) is 0.700. The first-order chi connectivity index (χ1) is 6.83. The first-order valence-electron chi connectivity index (χ1n) is 5.31. The molecule has 1 aromatic heterocycles. The predicted octanol–water partition coefficient (Wildman–Crippen LogP) is 2.10. The summed E-state index contributed by atoms with van der Waals surface area (Å²) in [5, 5.41) is 1.97. The lowest BCUT2D eigenvalue weighted by atomic mass is 10.4. The Hall–Kier alpha value is -0.770. The molecule has 0 amide bonds. The molecule has 0 spiro atoms. The number of nitrogens with zero attached hydrogens (tertiary/aromatic N) is 2.